The molecule has 6 aliphatic heterocycles. The molecule has 24 nitrogen and oxygen atoms in total. The van der Waals surface area contributed by atoms with Crippen LogP contribution in [-0.2, 0) is 81.9 Å². The normalized spacial score (nSPS) is 18.1. The Kier molecular flexibility index (Phi) is 39.1. The van der Waals surface area contributed by atoms with Crippen molar-refractivity contribution in [2.75, 3.05) is 169 Å². The largest absolute Gasteiger partial charge is 0.494 e. The molecule has 3 fully saturated rings. The van der Waals surface area contributed by atoms with Gasteiger partial charge in [-0.1, -0.05) is 115 Å². The van der Waals surface area contributed by atoms with E-state index in [1.807, 2.05) is 99.6 Å². The number of rotatable bonds is 45. The number of nitriles is 1. The fourth-order valence-corrected chi connectivity index (χ4v) is 17.9. The molecule has 6 atom stereocenters. The minimum Gasteiger partial charge on any atom is -0.494 e. The van der Waals surface area contributed by atoms with Crippen LogP contribution in [-0.4, -0.2) is 190 Å². The number of hydrogen-bond acceptors (Lipinski definition) is 21. The molecule has 15 rings (SSSR count). The van der Waals surface area contributed by atoms with Crippen LogP contribution in [0, 0.1) is 11.3 Å². The van der Waals surface area contributed by atoms with Crippen molar-refractivity contribution in [1.82, 2.24) is 16.0 Å². The standard InChI is InChI=1S/C37H48N2O7.C35H41N3O5.C34H41ClN2O5/c1-41-21-7-20-39-32-24-27(10-11-29(32)14-17-36(39)40)26-46-35-25-38-19-18-31(35)28-12-15-30(16-13-28)44-22-4-5-23-45-37-33(42-2)8-6-9-34(37)43-3;1-40-19-4-18-38-32-22-26(8-9-28(32)12-15-35(38)39)25-43-34-24-37-17-16-31(34)27-10-13-30(14-11-27)41-20-5-21-42-33-7-3-2-6-29(33)23-36;1-39-19-4-18-37-31-22-25(8-9-27(31)12-15-34(37)38)24-42-33-23-36-17-16-29(33)26-10-13-28(14-11-26)40-20-5-21-41-32-7-3-2-6-30(32)35/h6,8-13,15-16,24,31,35,38H,4-5,7,14,17-23,25-26H2,1-3H3;2-3,6-11,13-14,22,31,34,37H,4-5,12,15-21,24-25H2,1H3;2-3,6-11,13-14,22,29,33,36H,4-5,12,15-21,23-24H2,1H3/t31-,35+;31-,34+;29-,33+/m111/s1. The highest BCUT2D eigenvalue weighted by Crippen LogP contribution is 2.40. The van der Waals surface area contributed by atoms with Crippen molar-refractivity contribution in [3.63, 3.8) is 0 Å². The quantitative estimate of drug-likeness (QED) is 0.0300. The third kappa shape index (κ3) is 28.6. The summed E-state index contributed by atoms with van der Waals surface area (Å²) in [6.45, 7) is 14.0. The van der Waals surface area contributed by atoms with Gasteiger partial charge >= 0.3 is 0 Å². The van der Waals surface area contributed by atoms with Crippen molar-refractivity contribution in [2.24, 2.45) is 0 Å². The van der Waals surface area contributed by atoms with Gasteiger partial charge in [0, 0.05) is 147 Å². The number of amides is 3. The number of carbonyl (C=O) groups is 3. The van der Waals surface area contributed by atoms with Gasteiger partial charge in [-0.25, -0.2) is 0 Å². The summed E-state index contributed by atoms with van der Waals surface area (Å²) in [5, 5.41) is 20.3. The number of benzene rings is 9. The number of hydrogen-bond donors (Lipinski definition) is 3. The zero-order valence-corrected chi connectivity index (χ0v) is 77.5. The van der Waals surface area contributed by atoms with E-state index in [1.54, 1.807) is 41.6 Å². The minimum absolute atomic E-state index is 0.0458. The van der Waals surface area contributed by atoms with Gasteiger partial charge in [0.15, 0.2) is 11.5 Å². The van der Waals surface area contributed by atoms with Crippen molar-refractivity contribution in [3.05, 3.63) is 255 Å². The number of nitrogens with zero attached hydrogens (tertiary/aromatic N) is 4. The summed E-state index contributed by atoms with van der Waals surface area (Å²) >= 11 is 6.14. The molecule has 0 unspecified atom stereocenters. The second-order valence-electron chi connectivity index (χ2n) is 33.7. The Bertz CT molecular complexity index is 5060. The first-order chi connectivity index (χ1) is 64.4. The number of ether oxygens (including phenoxy) is 14. The molecule has 0 aliphatic carbocycles. The lowest BCUT2D eigenvalue weighted by Gasteiger charge is -2.33. The summed E-state index contributed by atoms with van der Waals surface area (Å²) in [4.78, 5) is 43.8. The van der Waals surface area contributed by atoms with Gasteiger partial charge in [-0.15, -0.1) is 0 Å². The average molecular weight is 1810 g/mol. The smallest absolute Gasteiger partial charge is 0.227 e. The van der Waals surface area contributed by atoms with Gasteiger partial charge in [-0.05, 0) is 231 Å². The van der Waals surface area contributed by atoms with E-state index in [-0.39, 0.29) is 42.0 Å². The van der Waals surface area contributed by atoms with Gasteiger partial charge in [-0.2, -0.15) is 5.26 Å². The monoisotopic (exact) mass is 1810 g/mol. The maximum absolute atomic E-state index is 12.7. The van der Waals surface area contributed by atoms with E-state index in [9.17, 15) is 19.6 Å². The Hall–Kier alpha value is -10.8. The third-order valence-corrected chi connectivity index (χ3v) is 25.1. The van der Waals surface area contributed by atoms with Crippen LogP contribution in [0.2, 0.25) is 5.02 Å². The molecule has 0 saturated carbocycles. The Balaban J connectivity index is 0.000000167. The molecule has 9 aromatic rings. The summed E-state index contributed by atoms with van der Waals surface area (Å²) in [5.41, 5.74) is 14.3. The summed E-state index contributed by atoms with van der Waals surface area (Å²) < 4.78 is 81.3. The molecule has 0 spiro atoms. The number of unbranched alkanes of at least 4 members (excludes halogenated alkanes) is 1. The Labute approximate surface area is 778 Å². The summed E-state index contributed by atoms with van der Waals surface area (Å²) in [5.74, 6) is 7.22. The van der Waals surface area contributed by atoms with Gasteiger partial charge in [-0.3, -0.25) is 14.4 Å². The van der Waals surface area contributed by atoms with Gasteiger partial charge in [0.05, 0.1) is 103 Å². The third-order valence-electron chi connectivity index (χ3n) is 24.7. The Morgan fingerprint density at radius 3 is 1.08 bits per heavy atom. The van der Waals surface area contributed by atoms with Crippen LogP contribution in [0.25, 0.3) is 0 Å². The molecule has 3 saturated heterocycles. The number of piperidine rings is 3. The van der Waals surface area contributed by atoms with Gasteiger partial charge in [0.2, 0.25) is 23.5 Å². The van der Waals surface area contributed by atoms with E-state index < -0.39 is 0 Å². The lowest BCUT2D eigenvalue weighted by atomic mass is 9.87. The SMILES string of the molecule is COCCCN1C(=O)CCc2ccc(CO[C@H]3CNCC[C@@H]3c3ccc(OCCCCOc4c(OC)cccc4OC)cc3)cc21.COCCCN1C(=O)CCc2ccc(CO[C@H]3CNCC[C@@H]3c3ccc(OCCCOc4ccccc4C#N)cc3)cc21.COCCCN1C(=O)CCc2ccc(CO[C@H]3CNCC[C@@H]3c3ccc(OCCCOc4ccccc4Cl)cc3)cc21. The highest BCUT2D eigenvalue weighted by molar-refractivity contribution is 6.32. The Morgan fingerprint density at radius 1 is 0.359 bits per heavy atom. The van der Waals surface area contributed by atoms with Crippen molar-refractivity contribution in [1.29, 1.82) is 5.26 Å². The van der Waals surface area contributed by atoms with E-state index in [1.165, 1.54) is 33.4 Å². The predicted octanol–water partition coefficient (Wildman–Crippen LogP) is 17.5. The maximum Gasteiger partial charge on any atom is 0.227 e. The number of anilines is 3. The van der Waals surface area contributed by atoms with Gasteiger partial charge in [0.25, 0.3) is 0 Å². The molecule has 0 aromatic heterocycles. The van der Waals surface area contributed by atoms with Gasteiger partial charge < -0.3 is 97.0 Å². The molecule has 25 heteroatoms. The number of carbonyl (C=O) groups excluding carboxylic acids is 3. The number of methoxy groups -OCH3 is 5. The van der Waals surface area contributed by atoms with Gasteiger partial charge in [0.1, 0.15) is 34.8 Å². The molecule has 6 aliphatic rings. The molecule has 6 heterocycles. The van der Waals surface area contributed by atoms with Crippen LogP contribution in [0.15, 0.2) is 194 Å². The first-order valence-electron chi connectivity index (χ1n) is 46.6. The molecule has 3 N–H and O–H groups in total. The number of fused-ring (bicyclic) bond motifs is 3. The van der Waals surface area contributed by atoms with E-state index >= 15 is 0 Å². The molecule has 0 radical (unpaired) electrons. The van der Waals surface area contributed by atoms with Crippen LogP contribution in [0.1, 0.15) is 157 Å². The number of nitrogens with one attached hydrogen (secondary N) is 3. The predicted molar refractivity (Wildman–Crippen MR) is 510 cm³/mol. The fourth-order valence-electron chi connectivity index (χ4n) is 17.7. The number of halogens is 1. The second kappa shape index (κ2) is 52.5. The lowest BCUT2D eigenvalue weighted by molar-refractivity contribution is -0.119. The van der Waals surface area contributed by atoms with Crippen LogP contribution in [0.5, 0.6) is 46.0 Å². The Morgan fingerprint density at radius 2 is 0.702 bits per heavy atom. The average Bonchev–Trinajstić information content (AvgIpc) is 0.800. The molecular weight excluding hydrogens is 1680 g/mol. The molecule has 131 heavy (non-hydrogen) atoms. The van der Waals surface area contributed by atoms with Crippen molar-refractivity contribution in [3.8, 4) is 52.1 Å². The number of aryl methyl sites for hydroxylation is 3. The molecule has 3 amide bonds. The highest BCUT2D eigenvalue weighted by Gasteiger charge is 2.34. The minimum atomic E-state index is 0.0458. The van der Waals surface area contributed by atoms with E-state index in [4.69, 9.17) is 77.9 Å². The maximum atomic E-state index is 12.7. The van der Waals surface area contributed by atoms with Crippen LogP contribution in [0.4, 0.5) is 17.1 Å². The molecule has 698 valence electrons. The lowest BCUT2D eigenvalue weighted by Crippen LogP contribution is -2.41. The molecular formula is C106H130ClN7O17. The highest BCUT2D eigenvalue weighted by atomic mass is 35.5. The van der Waals surface area contributed by atoms with Crippen molar-refractivity contribution in [2.45, 2.75) is 159 Å². The summed E-state index contributed by atoms with van der Waals surface area (Å²) in [6.07, 6.45) is 12.9. The van der Waals surface area contributed by atoms with E-state index in [2.05, 4.69) is 125 Å². The fraction of sp³-hybridized carbons (Fsp3) is 0.453. The summed E-state index contributed by atoms with van der Waals surface area (Å²) in [7, 11) is 8.33. The van der Waals surface area contributed by atoms with Crippen molar-refractivity contribution < 1.29 is 80.7 Å². The number of para-hydroxylation sites is 3. The van der Waals surface area contributed by atoms with Crippen LogP contribution in [0.3, 0.4) is 0 Å². The molecule has 0 bridgehead atoms. The van der Waals surface area contributed by atoms with E-state index in [0.29, 0.717) is 176 Å². The van der Waals surface area contributed by atoms with Crippen molar-refractivity contribution >= 4 is 46.4 Å². The van der Waals surface area contributed by atoms with Crippen LogP contribution < -0.4 is 68.5 Å². The second-order valence-corrected chi connectivity index (χ2v) is 34.1. The first-order valence-corrected chi connectivity index (χ1v) is 47.0. The zero-order chi connectivity index (χ0) is 91.1. The summed E-state index contributed by atoms with van der Waals surface area (Å²) in [6, 6.07) is 67.0. The topological polar surface area (TPSA) is 250 Å². The van der Waals surface area contributed by atoms with Crippen LogP contribution >= 0.6 is 11.6 Å². The van der Waals surface area contributed by atoms with E-state index in [0.717, 1.165) is 167 Å². The zero-order valence-electron chi connectivity index (χ0n) is 76.7. The first kappa shape index (κ1) is 97.7. The molecule has 9 aromatic carbocycles.